The molecule has 1 atom stereocenters. The van der Waals surface area contributed by atoms with Crippen LogP contribution < -0.4 is 10.2 Å². The van der Waals surface area contributed by atoms with Gasteiger partial charge in [0.2, 0.25) is 0 Å². The average molecular weight is 456 g/mol. The Hall–Kier alpha value is -4.20. The van der Waals surface area contributed by atoms with Crippen molar-refractivity contribution in [3.05, 3.63) is 82.4 Å². The summed E-state index contributed by atoms with van der Waals surface area (Å²) in [6.45, 7) is 3.71. The Balaban J connectivity index is 1.44. The summed E-state index contributed by atoms with van der Waals surface area (Å²) in [4.78, 5) is 34.5. The first-order chi connectivity index (χ1) is 16.5. The van der Waals surface area contributed by atoms with E-state index < -0.39 is 10.8 Å². The average Bonchev–Trinajstić information content (AvgIpc) is 3.28. The fourth-order valence-corrected chi connectivity index (χ4v) is 4.56. The van der Waals surface area contributed by atoms with Crippen LogP contribution in [0.4, 0.5) is 17.1 Å². The lowest BCUT2D eigenvalue weighted by Gasteiger charge is -2.32. The largest absolute Gasteiger partial charge is 0.366 e. The number of hydrogen-bond acceptors (Lipinski definition) is 5. The highest BCUT2D eigenvalue weighted by Gasteiger charge is 2.25. The van der Waals surface area contributed by atoms with E-state index in [1.807, 2.05) is 47.4 Å². The van der Waals surface area contributed by atoms with E-state index in [9.17, 15) is 14.9 Å². The van der Waals surface area contributed by atoms with Crippen molar-refractivity contribution in [3.8, 4) is 11.4 Å². The zero-order valence-corrected chi connectivity index (χ0v) is 18.8. The van der Waals surface area contributed by atoms with Crippen LogP contribution in [0.5, 0.6) is 0 Å². The minimum Gasteiger partial charge on any atom is -0.366 e. The quantitative estimate of drug-likeness (QED) is 0.300. The number of aromatic nitrogens is 2. The number of imidazole rings is 1. The third kappa shape index (κ3) is 4.22. The maximum atomic E-state index is 13.1. The molecular weight excluding hydrogens is 430 g/mol. The van der Waals surface area contributed by atoms with Gasteiger partial charge in [0.25, 0.3) is 11.6 Å². The van der Waals surface area contributed by atoms with Gasteiger partial charge in [0, 0.05) is 30.3 Å². The Morgan fingerprint density at radius 2 is 1.94 bits per heavy atom. The van der Waals surface area contributed by atoms with E-state index in [0.717, 1.165) is 42.5 Å². The minimum absolute atomic E-state index is 0.0488. The van der Waals surface area contributed by atoms with Crippen molar-refractivity contribution in [1.82, 2.24) is 9.97 Å². The van der Waals surface area contributed by atoms with Gasteiger partial charge in [-0.1, -0.05) is 31.2 Å². The number of amides is 1. The molecule has 172 valence electrons. The van der Waals surface area contributed by atoms with Crippen molar-refractivity contribution in [2.75, 3.05) is 23.3 Å². The molecule has 1 unspecified atom stereocenters. The summed E-state index contributed by atoms with van der Waals surface area (Å²) < 4.78 is 0. The Bertz CT molecular complexity index is 1350. The van der Waals surface area contributed by atoms with Gasteiger partial charge in [0.15, 0.2) is 0 Å². The summed E-state index contributed by atoms with van der Waals surface area (Å²) >= 11 is 0. The molecule has 1 aliphatic rings. The van der Waals surface area contributed by atoms with Crippen molar-refractivity contribution < 1.29 is 9.72 Å². The number of benzene rings is 3. The van der Waals surface area contributed by atoms with Crippen LogP contribution in [0.3, 0.4) is 0 Å². The molecule has 1 amide bonds. The summed E-state index contributed by atoms with van der Waals surface area (Å²) in [6.07, 6.45) is 2.12. The Kier molecular flexibility index (Phi) is 5.71. The van der Waals surface area contributed by atoms with Crippen LogP contribution >= 0.6 is 0 Å². The molecule has 0 aliphatic carbocycles. The summed E-state index contributed by atoms with van der Waals surface area (Å²) in [5.41, 5.74) is 3.79. The predicted molar refractivity (Wildman–Crippen MR) is 133 cm³/mol. The molecule has 0 radical (unpaired) electrons. The Labute approximate surface area is 196 Å². The lowest BCUT2D eigenvalue weighted by molar-refractivity contribution is -0.384. The molecule has 4 aromatic rings. The molecule has 34 heavy (non-hydrogen) atoms. The number of anilines is 2. The van der Waals surface area contributed by atoms with E-state index in [1.54, 1.807) is 18.2 Å². The number of fused-ring (bicyclic) bond motifs is 1. The van der Waals surface area contributed by atoms with Gasteiger partial charge in [-0.25, -0.2) is 4.98 Å². The highest BCUT2D eigenvalue weighted by Crippen LogP contribution is 2.33. The number of nitro benzene ring substituents is 1. The number of aromatic amines is 1. The Morgan fingerprint density at radius 3 is 2.74 bits per heavy atom. The van der Waals surface area contributed by atoms with E-state index in [-0.39, 0.29) is 11.3 Å². The van der Waals surface area contributed by atoms with Crippen LogP contribution in [0, 0.1) is 16.0 Å². The van der Waals surface area contributed by atoms with Crippen molar-refractivity contribution in [3.63, 3.8) is 0 Å². The zero-order valence-electron chi connectivity index (χ0n) is 18.8. The van der Waals surface area contributed by atoms with Crippen LogP contribution in [0.15, 0.2) is 66.7 Å². The number of para-hydroxylation sites is 3. The zero-order chi connectivity index (χ0) is 23.7. The van der Waals surface area contributed by atoms with Gasteiger partial charge in [0.05, 0.1) is 21.6 Å². The molecule has 0 bridgehead atoms. The fourth-order valence-electron chi connectivity index (χ4n) is 4.56. The molecule has 0 saturated carbocycles. The van der Waals surface area contributed by atoms with Crippen LogP contribution in [0.25, 0.3) is 22.4 Å². The maximum Gasteiger partial charge on any atom is 0.293 e. The van der Waals surface area contributed by atoms with Crippen molar-refractivity contribution in [2.45, 2.75) is 19.8 Å². The molecule has 1 fully saturated rings. The lowest BCUT2D eigenvalue weighted by atomic mass is 9.99. The molecule has 3 aromatic carbocycles. The normalized spacial score (nSPS) is 15.9. The summed E-state index contributed by atoms with van der Waals surface area (Å²) in [5, 5.41) is 14.7. The minimum atomic E-state index is -0.412. The molecular formula is C26H25N5O3. The van der Waals surface area contributed by atoms with Crippen molar-refractivity contribution in [1.29, 1.82) is 0 Å². The second kappa shape index (κ2) is 8.97. The van der Waals surface area contributed by atoms with Crippen LogP contribution in [0.2, 0.25) is 0 Å². The van der Waals surface area contributed by atoms with Crippen molar-refractivity contribution >= 4 is 34.0 Å². The van der Waals surface area contributed by atoms with Gasteiger partial charge in [-0.2, -0.15) is 0 Å². The first-order valence-corrected chi connectivity index (χ1v) is 11.4. The molecule has 2 heterocycles. The molecule has 2 N–H and O–H groups in total. The summed E-state index contributed by atoms with van der Waals surface area (Å²) in [6, 6.07) is 19.8. The number of nitrogens with one attached hydrogen (secondary N) is 2. The summed E-state index contributed by atoms with van der Waals surface area (Å²) in [5.74, 6) is 0.703. The van der Waals surface area contributed by atoms with Gasteiger partial charge in [0.1, 0.15) is 11.5 Å². The number of carbonyl (C=O) groups is 1. The number of piperidine rings is 1. The van der Waals surface area contributed by atoms with Gasteiger partial charge in [-0.15, -0.1) is 0 Å². The topological polar surface area (TPSA) is 104 Å². The molecule has 0 spiro atoms. The van der Waals surface area contributed by atoms with Gasteiger partial charge in [-0.05, 0) is 55.2 Å². The molecule has 1 saturated heterocycles. The molecule has 8 nitrogen and oxygen atoms in total. The maximum absolute atomic E-state index is 13.1. The van der Waals surface area contributed by atoms with Crippen LogP contribution in [0.1, 0.15) is 30.1 Å². The second-order valence-corrected chi connectivity index (χ2v) is 8.76. The second-order valence-electron chi connectivity index (χ2n) is 8.76. The monoisotopic (exact) mass is 455 g/mol. The third-order valence-electron chi connectivity index (χ3n) is 6.25. The standard InChI is InChI=1S/C26H25N5O3/c1-17-7-6-14-30(16-17)23-13-12-18(15-24(23)31(33)34)26(32)29-20-9-3-2-8-19(20)25-27-21-10-4-5-11-22(21)28-25/h2-5,8-13,15,17H,6-7,14,16H2,1H3,(H,27,28)(H,29,32). The number of nitrogens with zero attached hydrogens (tertiary/aromatic N) is 3. The Morgan fingerprint density at radius 1 is 1.15 bits per heavy atom. The number of H-pyrrole nitrogens is 1. The number of hydrogen-bond donors (Lipinski definition) is 2. The van der Waals surface area contributed by atoms with Gasteiger partial charge < -0.3 is 15.2 Å². The van der Waals surface area contributed by atoms with Crippen LogP contribution in [-0.2, 0) is 0 Å². The number of nitro groups is 1. The number of rotatable bonds is 5. The first kappa shape index (κ1) is 21.6. The predicted octanol–water partition coefficient (Wildman–Crippen LogP) is 5.63. The van der Waals surface area contributed by atoms with Gasteiger partial charge >= 0.3 is 0 Å². The van der Waals surface area contributed by atoms with E-state index >= 15 is 0 Å². The lowest BCUT2D eigenvalue weighted by Crippen LogP contribution is -2.34. The van der Waals surface area contributed by atoms with E-state index in [0.29, 0.717) is 23.1 Å². The van der Waals surface area contributed by atoms with Crippen LogP contribution in [-0.4, -0.2) is 33.9 Å². The highest BCUT2D eigenvalue weighted by molar-refractivity contribution is 6.07. The van der Waals surface area contributed by atoms with E-state index in [1.165, 1.54) is 6.07 Å². The fraction of sp³-hybridized carbons (Fsp3) is 0.231. The smallest absolute Gasteiger partial charge is 0.293 e. The summed E-state index contributed by atoms with van der Waals surface area (Å²) in [7, 11) is 0. The molecule has 1 aromatic heterocycles. The molecule has 1 aliphatic heterocycles. The SMILES string of the molecule is CC1CCCN(c2ccc(C(=O)Nc3ccccc3-c3nc4ccccc4[nH]3)cc2[N+](=O)[O-])C1. The molecule has 5 rings (SSSR count). The molecule has 8 heteroatoms. The number of carbonyl (C=O) groups excluding carboxylic acids is 1. The van der Waals surface area contributed by atoms with E-state index in [4.69, 9.17) is 0 Å². The van der Waals surface area contributed by atoms with E-state index in [2.05, 4.69) is 22.2 Å². The first-order valence-electron chi connectivity index (χ1n) is 11.4. The van der Waals surface area contributed by atoms with Gasteiger partial charge in [-0.3, -0.25) is 14.9 Å². The third-order valence-corrected chi connectivity index (χ3v) is 6.25. The van der Waals surface area contributed by atoms with Crippen molar-refractivity contribution in [2.24, 2.45) is 5.92 Å². The highest BCUT2D eigenvalue weighted by atomic mass is 16.6.